The van der Waals surface area contributed by atoms with E-state index in [1.54, 1.807) is 0 Å². The van der Waals surface area contributed by atoms with Crippen LogP contribution in [-0.4, -0.2) is 95.1 Å². The highest BCUT2D eigenvalue weighted by atomic mass is 32.2. The van der Waals surface area contributed by atoms with Gasteiger partial charge in [-0.2, -0.15) is 0 Å². The fraction of sp³-hybridized carbons (Fsp3) is 0.292. The third-order valence-corrected chi connectivity index (χ3v) is 8.00. The lowest BCUT2D eigenvalue weighted by Gasteiger charge is -2.49. The molecule has 1 aromatic carbocycles. The molecule has 7 N–H and O–H groups in total. The number of nitrogens with one attached hydrogen (secondary N) is 1. The number of phenols is 2. The van der Waals surface area contributed by atoms with Crippen LogP contribution in [0.25, 0.3) is 0 Å². The quantitative estimate of drug-likeness (QED) is 0.0687. The first kappa shape index (κ1) is 30.1. The average Bonchev–Trinajstić information content (AvgIpc) is 3.36. The summed E-state index contributed by atoms with van der Waals surface area (Å²) in [5.41, 5.74) is 2.96. The molecule has 2 aromatic rings. The number of nitrogens with zero attached hydrogens (tertiary/aromatic N) is 3. The van der Waals surface area contributed by atoms with Crippen LogP contribution >= 0.6 is 23.1 Å². The van der Waals surface area contributed by atoms with Gasteiger partial charge in [0.15, 0.2) is 22.3 Å². The predicted molar refractivity (Wildman–Crippen MR) is 146 cm³/mol. The van der Waals surface area contributed by atoms with E-state index in [1.165, 1.54) is 25.3 Å². The largest absolute Gasteiger partial charge is 0.504 e. The zero-order valence-electron chi connectivity index (χ0n) is 21.8. The van der Waals surface area contributed by atoms with E-state index in [0.29, 0.717) is 0 Å². The molecule has 2 atom stereocenters. The first-order chi connectivity index (χ1) is 19.7. The number of hydrogen-bond acceptors (Lipinski definition) is 14. The van der Waals surface area contributed by atoms with Gasteiger partial charge in [0.1, 0.15) is 29.4 Å². The second kappa shape index (κ2) is 11.6. The van der Waals surface area contributed by atoms with Crippen molar-refractivity contribution in [2.24, 2.45) is 5.16 Å². The summed E-state index contributed by atoms with van der Waals surface area (Å²) in [5.74, 6) is -6.41. The Morgan fingerprint density at radius 1 is 1.21 bits per heavy atom. The maximum Gasteiger partial charge on any atom is 0.352 e. The smallest absolute Gasteiger partial charge is 0.352 e. The molecule has 4 rings (SSSR count). The molecule has 0 bridgehead atoms. The van der Waals surface area contributed by atoms with Crippen LogP contribution in [0.15, 0.2) is 40.0 Å². The number of nitrogen functional groups attached to an aromatic ring is 1. The molecular weight excluding hydrogens is 598 g/mol. The molecule has 0 aliphatic carbocycles. The van der Waals surface area contributed by atoms with Gasteiger partial charge in [0.25, 0.3) is 11.8 Å². The Balaban J connectivity index is 1.50. The number of aromatic hydroxyl groups is 2. The molecule has 2 amide bonds. The van der Waals surface area contributed by atoms with E-state index in [4.69, 9.17) is 15.3 Å². The number of oxime groups is 1. The number of ether oxygens (including phenoxy) is 1. The summed E-state index contributed by atoms with van der Waals surface area (Å²) >= 11 is 2.08. The molecule has 2 aliphatic rings. The van der Waals surface area contributed by atoms with E-state index in [9.17, 15) is 44.4 Å². The molecular formula is C24H23N5O11S2. The summed E-state index contributed by atoms with van der Waals surface area (Å²) in [6.07, 6.45) is 0. The van der Waals surface area contributed by atoms with Crippen LogP contribution in [0.4, 0.5) is 5.13 Å². The molecule has 3 heterocycles. The van der Waals surface area contributed by atoms with Crippen LogP contribution in [0.1, 0.15) is 29.9 Å². The lowest BCUT2D eigenvalue weighted by molar-refractivity contribution is -0.161. The van der Waals surface area contributed by atoms with E-state index >= 15 is 0 Å². The predicted octanol–water partition coefficient (Wildman–Crippen LogP) is 0.316. The highest BCUT2D eigenvalue weighted by Gasteiger charge is 2.54. The fourth-order valence-corrected chi connectivity index (χ4v) is 5.57. The van der Waals surface area contributed by atoms with Crippen LogP contribution in [-0.2, 0) is 28.8 Å². The summed E-state index contributed by atoms with van der Waals surface area (Å²) in [4.78, 5) is 72.0. The van der Waals surface area contributed by atoms with E-state index in [1.807, 2.05) is 0 Å². The average molecular weight is 622 g/mol. The van der Waals surface area contributed by atoms with Crippen molar-refractivity contribution in [2.75, 3.05) is 18.1 Å². The van der Waals surface area contributed by atoms with Crippen molar-refractivity contribution in [3.63, 3.8) is 0 Å². The molecule has 2 unspecified atom stereocenters. The number of rotatable bonds is 10. The van der Waals surface area contributed by atoms with Crippen molar-refractivity contribution < 1.29 is 54.0 Å². The second-order valence-corrected chi connectivity index (χ2v) is 11.3. The normalized spacial score (nSPS) is 18.6. The third kappa shape index (κ3) is 5.93. The molecule has 222 valence electrons. The number of β-lactam (4-membered cyclic amide) rings is 1. The number of amides is 2. The summed E-state index contributed by atoms with van der Waals surface area (Å²) < 4.78 is 5.17. The lowest BCUT2D eigenvalue weighted by atomic mass is 10.0. The molecule has 0 spiro atoms. The Labute approximate surface area is 244 Å². The number of thioether (sulfide) groups is 1. The first-order valence-corrected chi connectivity index (χ1v) is 13.7. The Morgan fingerprint density at radius 3 is 2.52 bits per heavy atom. The number of carbonyl (C=O) groups excluding carboxylic acids is 3. The minimum Gasteiger partial charge on any atom is -0.504 e. The molecule has 0 saturated carbocycles. The van der Waals surface area contributed by atoms with Crippen LogP contribution < -0.4 is 11.1 Å². The summed E-state index contributed by atoms with van der Waals surface area (Å²) in [7, 11) is 0. The topological polar surface area (TPSA) is 251 Å². The Bertz CT molecular complexity index is 1550. The van der Waals surface area contributed by atoms with Crippen LogP contribution in [0.2, 0.25) is 0 Å². The Hall–Kier alpha value is -4.84. The number of nitrogens with two attached hydrogens (primary N) is 1. The van der Waals surface area contributed by atoms with Gasteiger partial charge in [-0.3, -0.25) is 14.5 Å². The highest BCUT2D eigenvalue weighted by molar-refractivity contribution is 8.00. The van der Waals surface area contributed by atoms with Gasteiger partial charge in [0, 0.05) is 16.7 Å². The van der Waals surface area contributed by atoms with Gasteiger partial charge >= 0.3 is 17.9 Å². The van der Waals surface area contributed by atoms with Crippen molar-refractivity contribution in [3.05, 3.63) is 46.1 Å². The number of carbonyl (C=O) groups is 5. The van der Waals surface area contributed by atoms with Crippen LogP contribution in [0.3, 0.4) is 0 Å². The van der Waals surface area contributed by atoms with Gasteiger partial charge in [-0.25, -0.2) is 19.4 Å². The van der Waals surface area contributed by atoms with Crippen molar-refractivity contribution in [1.29, 1.82) is 0 Å². The molecule has 1 fully saturated rings. The van der Waals surface area contributed by atoms with Crippen molar-refractivity contribution >= 4 is 63.7 Å². The number of hydrogen-bond donors (Lipinski definition) is 6. The van der Waals surface area contributed by atoms with Gasteiger partial charge in [-0.05, 0) is 32.0 Å². The van der Waals surface area contributed by atoms with Gasteiger partial charge < -0.3 is 41.1 Å². The van der Waals surface area contributed by atoms with Crippen molar-refractivity contribution in [2.45, 2.75) is 30.9 Å². The molecule has 0 radical (unpaired) electrons. The standard InChI is InChI=1S/C24H23N5O11S2/c1-24(2,22(37)38)40-28-14(11-8-42-23(25)26-11)17(32)27-15-18(33)29-16(20(34)35)10(7-41-19(15)29)6-39-21(36)9-3-4-12(30)13(31)5-9/h3-5,8,15,19,30-31H,6-7H2,1-2H3,(H2,25,26)(H,27,32)(H,34,35)(H,37,38)/b28-14-. The number of aliphatic carboxylic acids is 2. The third-order valence-electron chi connectivity index (χ3n) is 5.98. The monoisotopic (exact) mass is 621 g/mol. The van der Waals surface area contributed by atoms with E-state index < -0.39 is 76.3 Å². The highest BCUT2D eigenvalue weighted by Crippen LogP contribution is 2.40. The summed E-state index contributed by atoms with van der Waals surface area (Å²) in [6, 6.07) is 2.08. The van der Waals surface area contributed by atoms with Gasteiger partial charge in [0.2, 0.25) is 5.60 Å². The number of esters is 1. The molecule has 16 nitrogen and oxygen atoms in total. The zero-order valence-corrected chi connectivity index (χ0v) is 23.4. The van der Waals surface area contributed by atoms with Crippen molar-refractivity contribution in [1.82, 2.24) is 15.2 Å². The first-order valence-electron chi connectivity index (χ1n) is 11.8. The number of phenolic OH excluding ortho intramolecular Hbond substituents is 2. The number of carboxylic acids is 2. The second-order valence-electron chi connectivity index (χ2n) is 9.32. The maximum atomic E-state index is 13.2. The minimum atomic E-state index is -1.81. The minimum absolute atomic E-state index is 0.0238. The number of aromatic nitrogens is 1. The number of benzene rings is 1. The molecule has 1 aromatic heterocycles. The molecule has 2 aliphatic heterocycles. The number of thiazole rings is 1. The summed E-state index contributed by atoms with van der Waals surface area (Å²) in [5, 5.41) is 44.9. The molecule has 18 heteroatoms. The molecule has 1 saturated heterocycles. The Morgan fingerprint density at radius 2 is 1.93 bits per heavy atom. The zero-order chi connectivity index (χ0) is 30.9. The van der Waals surface area contributed by atoms with Gasteiger partial charge in [-0.15, -0.1) is 23.1 Å². The Kier molecular flexibility index (Phi) is 8.30. The maximum absolute atomic E-state index is 13.2. The number of fused-ring (bicyclic) bond motifs is 1. The van der Waals surface area contributed by atoms with Crippen LogP contribution in [0, 0.1) is 0 Å². The number of carboxylic acid groups (broad SMARTS) is 2. The molecule has 42 heavy (non-hydrogen) atoms. The fourth-order valence-electron chi connectivity index (χ4n) is 3.69. The van der Waals surface area contributed by atoms with E-state index in [0.717, 1.165) is 40.1 Å². The summed E-state index contributed by atoms with van der Waals surface area (Å²) in [6.45, 7) is 1.93. The SMILES string of the molecule is CC(C)(O/N=C(\C(=O)NC1C(=O)N2C(C(=O)O)=C(COC(=O)c3ccc(O)c(O)c3)CSC12)c1csc(N)n1)C(=O)O. The van der Waals surface area contributed by atoms with Crippen molar-refractivity contribution in [3.8, 4) is 11.5 Å². The van der Waals surface area contributed by atoms with Gasteiger partial charge in [-0.1, -0.05) is 5.16 Å². The van der Waals surface area contributed by atoms with Crippen LogP contribution in [0.5, 0.6) is 11.5 Å². The van der Waals surface area contributed by atoms with E-state index in [-0.39, 0.29) is 27.7 Å². The number of anilines is 1. The lowest BCUT2D eigenvalue weighted by Crippen LogP contribution is -2.71. The van der Waals surface area contributed by atoms with Gasteiger partial charge in [0.05, 0.1) is 5.56 Å². The van der Waals surface area contributed by atoms with E-state index in [2.05, 4.69) is 15.5 Å².